The van der Waals surface area contributed by atoms with Crippen LogP contribution < -0.4 is 14.8 Å². The Morgan fingerprint density at radius 2 is 1.86 bits per heavy atom. The third-order valence-corrected chi connectivity index (χ3v) is 6.20. The number of nitrogens with zero attached hydrogens (tertiary/aromatic N) is 2. The average Bonchev–Trinajstić information content (AvgIpc) is 3.18. The van der Waals surface area contributed by atoms with Crippen molar-refractivity contribution in [2.24, 2.45) is 4.99 Å². The maximum absolute atomic E-state index is 13.4. The highest BCUT2D eigenvalue weighted by Gasteiger charge is 2.42. The third kappa shape index (κ3) is 6.18. The number of amides is 1. The number of carbonyl (C=O) groups excluding carboxylic acids is 2. The first kappa shape index (κ1) is 26.6. The van der Waals surface area contributed by atoms with Gasteiger partial charge in [-0.15, -0.1) is 0 Å². The van der Waals surface area contributed by atoms with Gasteiger partial charge in [0.2, 0.25) is 5.91 Å². The lowest BCUT2D eigenvalue weighted by Gasteiger charge is -2.37. The number of rotatable bonds is 9. The standard InChI is InChI=1S/C25H33N3O6S/c1-15-21(23(30)34-25(2,3)4)22(16-8-9-18(32-6)19(12-16)33-7)28-17(14-35-24(28)27-15)13-20(29)26-10-11-31-5/h8-9,12,14,22H,10-11,13H2,1-7H3,(H,26,29)/t22-/m1/s1. The predicted octanol–water partition coefficient (Wildman–Crippen LogP) is 3.77. The smallest absolute Gasteiger partial charge is 0.338 e. The summed E-state index contributed by atoms with van der Waals surface area (Å²) < 4.78 is 21.7. The SMILES string of the molecule is COCCNC(=O)CC1=CSC2=NC(C)=C(C(=O)OC(C)(C)C)[C@@H](c3ccc(OC)c(OC)c3)N12. The first-order valence-electron chi connectivity index (χ1n) is 11.2. The van der Waals surface area contributed by atoms with E-state index < -0.39 is 17.6 Å². The van der Waals surface area contributed by atoms with Crippen LogP contribution >= 0.6 is 11.8 Å². The lowest BCUT2D eigenvalue weighted by atomic mass is 9.93. The second-order valence-corrected chi connectivity index (χ2v) is 9.87. The molecule has 0 aromatic heterocycles. The maximum atomic E-state index is 13.4. The lowest BCUT2D eigenvalue weighted by Crippen LogP contribution is -2.39. The number of benzene rings is 1. The molecule has 0 saturated carbocycles. The maximum Gasteiger partial charge on any atom is 0.338 e. The van der Waals surface area contributed by atoms with Gasteiger partial charge in [-0.3, -0.25) is 4.79 Å². The summed E-state index contributed by atoms with van der Waals surface area (Å²) in [7, 11) is 4.71. The van der Waals surface area contributed by atoms with E-state index in [-0.39, 0.29) is 12.3 Å². The number of hydrogen-bond donors (Lipinski definition) is 1. The molecule has 2 aliphatic rings. The number of allylic oxidation sites excluding steroid dienone is 1. The molecular weight excluding hydrogens is 470 g/mol. The Hall–Kier alpha value is -2.98. The van der Waals surface area contributed by atoms with Crippen molar-refractivity contribution >= 4 is 28.8 Å². The van der Waals surface area contributed by atoms with Crippen molar-refractivity contribution in [2.75, 3.05) is 34.5 Å². The molecule has 2 heterocycles. The summed E-state index contributed by atoms with van der Waals surface area (Å²) in [5.41, 5.74) is 1.80. The molecule has 3 rings (SSSR count). The molecule has 1 aromatic carbocycles. The number of fused-ring (bicyclic) bond motifs is 1. The van der Waals surface area contributed by atoms with Crippen LogP contribution in [0.15, 0.2) is 45.6 Å². The van der Waals surface area contributed by atoms with Crippen LogP contribution in [0.1, 0.15) is 45.7 Å². The summed E-state index contributed by atoms with van der Waals surface area (Å²) in [6, 6.07) is 4.95. The molecular formula is C25H33N3O6S. The monoisotopic (exact) mass is 503 g/mol. The summed E-state index contributed by atoms with van der Waals surface area (Å²) in [5, 5.41) is 5.43. The minimum Gasteiger partial charge on any atom is -0.493 e. The topological polar surface area (TPSA) is 98.7 Å². The summed E-state index contributed by atoms with van der Waals surface area (Å²) in [6.45, 7) is 8.11. The van der Waals surface area contributed by atoms with Crippen LogP contribution in [-0.4, -0.2) is 62.0 Å². The Kier molecular flexibility index (Phi) is 8.50. The summed E-state index contributed by atoms with van der Waals surface area (Å²) in [4.78, 5) is 32.7. The molecule has 1 N–H and O–H groups in total. The van der Waals surface area contributed by atoms with Gasteiger partial charge >= 0.3 is 5.97 Å². The minimum atomic E-state index is -0.684. The number of hydrogen-bond acceptors (Lipinski definition) is 9. The molecule has 9 nitrogen and oxygen atoms in total. The van der Waals surface area contributed by atoms with Gasteiger partial charge < -0.3 is 29.2 Å². The number of ether oxygens (including phenoxy) is 4. The molecule has 0 saturated heterocycles. The molecule has 2 aliphatic heterocycles. The van der Waals surface area contributed by atoms with Gasteiger partial charge in [-0.05, 0) is 50.8 Å². The van der Waals surface area contributed by atoms with Gasteiger partial charge in [0.05, 0.1) is 44.6 Å². The minimum absolute atomic E-state index is 0.125. The number of aliphatic imine (C=N–C) groups is 1. The quantitative estimate of drug-likeness (QED) is 0.402. The molecule has 0 aliphatic carbocycles. The van der Waals surface area contributed by atoms with Gasteiger partial charge in [-0.1, -0.05) is 17.8 Å². The first-order valence-corrected chi connectivity index (χ1v) is 12.1. The highest BCUT2D eigenvalue weighted by molar-refractivity contribution is 8.16. The van der Waals surface area contributed by atoms with Gasteiger partial charge in [-0.2, -0.15) is 0 Å². The fourth-order valence-electron chi connectivity index (χ4n) is 3.82. The zero-order valence-corrected chi connectivity index (χ0v) is 22.1. The van der Waals surface area contributed by atoms with E-state index in [4.69, 9.17) is 18.9 Å². The number of amidine groups is 1. The van der Waals surface area contributed by atoms with E-state index in [9.17, 15) is 9.59 Å². The summed E-state index contributed by atoms with van der Waals surface area (Å²) in [5.74, 6) is 0.499. The van der Waals surface area contributed by atoms with Crippen molar-refractivity contribution in [3.8, 4) is 11.5 Å². The molecule has 0 radical (unpaired) electrons. The van der Waals surface area contributed by atoms with Crippen LogP contribution in [0.2, 0.25) is 0 Å². The van der Waals surface area contributed by atoms with Crippen LogP contribution in [0.25, 0.3) is 0 Å². The molecule has 1 atom stereocenters. The van der Waals surface area contributed by atoms with Gasteiger partial charge in [0.1, 0.15) is 5.60 Å². The molecule has 0 spiro atoms. The van der Waals surface area contributed by atoms with E-state index in [1.165, 1.54) is 11.8 Å². The van der Waals surface area contributed by atoms with E-state index in [1.807, 2.05) is 43.2 Å². The summed E-state index contributed by atoms with van der Waals surface area (Å²) >= 11 is 1.42. The fourth-order valence-corrected chi connectivity index (χ4v) is 4.79. The second kappa shape index (κ2) is 11.2. The highest BCUT2D eigenvalue weighted by atomic mass is 32.2. The Balaban J connectivity index is 2.05. The van der Waals surface area contributed by atoms with Gasteiger partial charge in [0.15, 0.2) is 16.7 Å². The predicted molar refractivity (Wildman–Crippen MR) is 135 cm³/mol. The summed E-state index contributed by atoms with van der Waals surface area (Å²) in [6.07, 6.45) is 0.125. The third-order valence-electron chi connectivity index (χ3n) is 5.31. The van der Waals surface area contributed by atoms with Crippen LogP contribution in [0.4, 0.5) is 0 Å². The van der Waals surface area contributed by atoms with Gasteiger partial charge in [-0.25, -0.2) is 9.79 Å². The molecule has 1 amide bonds. The molecule has 0 unspecified atom stereocenters. The molecule has 0 fully saturated rings. The average molecular weight is 504 g/mol. The van der Waals surface area contributed by atoms with Crippen molar-refractivity contribution in [3.63, 3.8) is 0 Å². The van der Waals surface area contributed by atoms with E-state index in [0.29, 0.717) is 41.1 Å². The highest BCUT2D eigenvalue weighted by Crippen LogP contribution is 2.46. The Bertz CT molecular complexity index is 1070. The van der Waals surface area contributed by atoms with E-state index in [1.54, 1.807) is 34.3 Å². The van der Waals surface area contributed by atoms with Crippen LogP contribution in [-0.2, 0) is 19.1 Å². The fraction of sp³-hybridized carbons (Fsp3) is 0.480. The van der Waals surface area contributed by atoms with Gasteiger partial charge in [0.25, 0.3) is 0 Å². The van der Waals surface area contributed by atoms with Crippen LogP contribution in [0.5, 0.6) is 11.5 Å². The van der Waals surface area contributed by atoms with E-state index in [0.717, 1.165) is 11.3 Å². The number of esters is 1. The Labute approximate surface area is 210 Å². The number of carbonyl (C=O) groups is 2. The van der Waals surface area contributed by atoms with Crippen molar-refractivity contribution in [1.82, 2.24) is 10.2 Å². The molecule has 190 valence electrons. The van der Waals surface area contributed by atoms with Crippen molar-refractivity contribution in [1.29, 1.82) is 0 Å². The lowest BCUT2D eigenvalue weighted by molar-refractivity contribution is -0.150. The van der Waals surface area contributed by atoms with Crippen LogP contribution in [0, 0.1) is 0 Å². The Morgan fingerprint density at radius 3 is 2.49 bits per heavy atom. The van der Waals surface area contributed by atoms with Crippen molar-refractivity contribution < 1.29 is 28.5 Å². The van der Waals surface area contributed by atoms with E-state index in [2.05, 4.69) is 10.3 Å². The van der Waals surface area contributed by atoms with Gasteiger partial charge in [0, 0.05) is 19.4 Å². The van der Waals surface area contributed by atoms with Crippen molar-refractivity contribution in [3.05, 3.63) is 46.1 Å². The number of nitrogens with one attached hydrogen (secondary N) is 1. The zero-order chi connectivity index (χ0) is 25.8. The molecule has 0 bridgehead atoms. The molecule has 1 aromatic rings. The first-order chi connectivity index (χ1) is 16.6. The zero-order valence-electron chi connectivity index (χ0n) is 21.3. The largest absolute Gasteiger partial charge is 0.493 e. The number of thioether (sulfide) groups is 1. The normalized spacial score (nSPS) is 17.5. The van der Waals surface area contributed by atoms with Crippen LogP contribution in [0.3, 0.4) is 0 Å². The van der Waals surface area contributed by atoms with Crippen molar-refractivity contribution in [2.45, 2.75) is 45.8 Å². The molecule has 10 heteroatoms. The second-order valence-electron chi connectivity index (χ2n) is 9.03. The van der Waals surface area contributed by atoms with E-state index >= 15 is 0 Å². The number of methoxy groups -OCH3 is 3. The Morgan fingerprint density at radius 1 is 1.14 bits per heavy atom. The molecule has 35 heavy (non-hydrogen) atoms.